The first kappa shape index (κ1) is 16.6. The van der Waals surface area contributed by atoms with Crippen LogP contribution in [0.2, 0.25) is 0 Å². The second-order valence-electron chi connectivity index (χ2n) is 6.26. The molecule has 0 saturated carbocycles. The lowest BCUT2D eigenvalue weighted by molar-refractivity contribution is -0.129. The number of rotatable bonds is 2. The van der Waals surface area contributed by atoms with Crippen molar-refractivity contribution in [1.29, 1.82) is 0 Å². The van der Waals surface area contributed by atoms with E-state index in [-0.39, 0.29) is 0 Å². The summed E-state index contributed by atoms with van der Waals surface area (Å²) in [6.07, 6.45) is 2.82. The molecule has 0 N–H and O–H groups in total. The van der Waals surface area contributed by atoms with Gasteiger partial charge < -0.3 is 13.3 Å². The van der Waals surface area contributed by atoms with Gasteiger partial charge in [-0.1, -0.05) is 13.0 Å². The van der Waals surface area contributed by atoms with Crippen LogP contribution in [0.15, 0.2) is 51.7 Å². The Bertz CT molecular complexity index is 1060. The smallest absolute Gasteiger partial charge is 0.328 e. The summed E-state index contributed by atoms with van der Waals surface area (Å²) in [6.45, 7) is 3.23. The van der Waals surface area contributed by atoms with Gasteiger partial charge in [0.1, 0.15) is 0 Å². The van der Waals surface area contributed by atoms with Crippen LogP contribution >= 0.6 is 21.9 Å². The molecule has 4 heterocycles. The first-order valence-electron chi connectivity index (χ1n) is 8.63. The molecule has 1 aromatic carbocycles. The van der Waals surface area contributed by atoms with Crippen LogP contribution in [-0.2, 0) is 18.0 Å². The number of amidine groups is 1. The van der Waals surface area contributed by atoms with Gasteiger partial charge >= 0.3 is 11.9 Å². The molecule has 6 nitrogen and oxygen atoms in total. The molecule has 0 bridgehead atoms. The highest BCUT2D eigenvalue weighted by Crippen LogP contribution is 2.68. The standard InChI is InChI=1S/C19H16N2O4S2/c1-2-15-18(13-3-4-14-12(11-13)7-10-26-14)21-9-8-20-19(21)27(15)24-16(22)5-6-17(23)25-27/h3-7,10-11H,2,8-9H2,1H3. The Morgan fingerprint density at radius 3 is 2.70 bits per heavy atom. The Balaban J connectivity index is 1.74. The predicted octanol–water partition coefficient (Wildman–Crippen LogP) is 3.96. The van der Waals surface area contributed by atoms with E-state index in [2.05, 4.69) is 34.6 Å². The topological polar surface area (TPSA) is 68.2 Å². The molecule has 0 fully saturated rings. The Labute approximate surface area is 161 Å². The number of carbonyl (C=O) groups is 2. The van der Waals surface area contributed by atoms with E-state index in [1.54, 1.807) is 11.3 Å². The Morgan fingerprint density at radius 1 is 1.19 bits per heavy atom. The molecule has 3 aliphatic rings. The van der Waals surface area contributed by atoms with Crippen LogP contribution in [0.3, 0.4) is 0 Å². The first-order valence-corrected chi connectivity index (χ1v) is 11.0. The zero-order valence-corrected chi connectivity index (χ0v) is 16.1. The average molecular weight is 400 g/mol. The van der Waals surface area contributed by atoms with Crippen molar-refractivity contribution in [1.82, 2.24) is 4.90 Å². The summed E-state index contributed by atoms with van der Waals surface area (Å²) in [4.78, 5) is 31.9. The fourth-order valence-corrected chi connectivity index (χ4v) is 7.20. The summed E-state index contributed by atoms with van der Waals surface area (Å²) in [5, 5.41) is 3.78. The molecule has 5 rings (SSSR count). The molecule has 0 amide bonds. The van der Waals surface area contributed by atoms with Gasteiger partial charge in [0.2, 0.25) is 5.17 Å². The van der Waals surface area contributed by atoms with E-state index in [4.69, 9.17) is 8.37 Å². The minimum atomic E-state index is -2.71. The maximum atomic E-state index is 12.2. The van der Waals surface area contributed by atoms with Crippen LogP contribution in [0, 0.1) is 0 Å². The zero-order chi connectivity index (χ0) is 18.6. The Hall–Kier alpha value is -2.58. The summed E-state index contributed by atoms with van der Waals surface area (Å²) in [7, 11) is -2.71. The second-order valence-corrected chi connectivity index (χ2v) is 9.40. The summed E-state index contributed by atoms with van der Waals surface area (Å²) in [6, 6.07) is 8.37. The summed E-state index contributed by atoms with van der Waals surface area (Å²) in [5.41, 5.74) is 1.96. The SMILES string of the molecule is CCC1=C(c2ccc3sccc3c2)N2CCN=C2S12OC(=O)C=CC(=O)O2. The lowest BCUT2D eigenvalue weighted by Gasteiger charge is -2.37. The van der Waals surface area contributed by atoms with Gasteiger partial charge in [-0.05, 0) is 46.0 Å². The number of carbonyl (C=O) groups excluding carboxylic acids is 2. The molecular formula is C19H16N2O4S2. The average Bonchev–Trinajstić information content (AvgIpc) is 3.33. The Kier molecular flexibility index (Phi) is 3.66. The van der Waals surface area contributed by atoms with E-state index >= 15 is 0 Å². The van der Waals surface area contributed by atoms with Gasteiger partial charge in [-0.3, -0.25) is 0 Å². The van der Waals surface area contributed by atoms with Crippen molar-refractivity contribution in [2.24, 2.45) is 4.99 Å². The lowest BCUT2D eigenvalue weighted by Crippen LogP contribution is -2.27. The molecule has 1 spiro atoms. The Morgan fingerprint density at radius 2 is 1.96 bits per heavy atom. The number of hydrogen-bond donors (Lipinski definition) is 0. The molecular weight excluding hydrogens is 384 g/mol. The second kappa shape index (κ2) is 5.97. The van der Waals surface area contributed by atoms with Gasteiger partial charge in [0, 0.05) is 29.0 Å². The fraction of sp³-hybridized carbons (Fsp3) is 0.211. The monoisotopic (exact) mass is 400 g/mol. The highest BCUT2D eigenvalue weighted by atomic mass is 32.3. The summed E-state index contributed by atoms with van der Waals surface area (Å²) < 4.78 is 12.7. The molecule has 3 aliphatic heterocycles. The fourth-order valence-electron chi connectivity index (χ4n) is 3.66. The number of benzene rings is 1. The normalized spacial score (nSPS) is 22.0. The van der Waals surface area contributed by atoms with Crippen molar-refractivity contribution < 1.29 is 18.0 Å². The first-order chi connectivity index (χ1) is 13.1. The van der Waals surface area contributed by atoms with Crippen molar-refractivity contribution in [2.45, 2.75) is 13.3 Å². The van der Waals surface area contributed by atoms with E-state index in [1.807, 2.05) is 11.8 Å². The van der Waals surface area contributed by atoms with Crippen molar-refractivity contribution >= 4 is 54.8 Å². The highest BCUT2D eigenvalue weighted by molar-refractivity contribution is 8.42. The number of allylic oxidation sites excluding steroid dienone is 1. The molecule has 0 radical (unpaired) electrons. The van der Waals surface area contributed by atoms with Crippen LogP contribution in [0.5, 0.6) is 0 Å². The van der Waals surface area contributed by atoms with E-state index < -0.39 is 22.5 Å². The number of fused-ring (bicyclic) bond motifs is 3. The zero-order valence-electron chi connectivity index (χ0n) is 14.5. The summed E-state index contributed by atoms with van der Waals surface area (Å²) >= 11 is 1.69. The van der Waals surface area contributed by atoms with Crippen molar-refractivity contribution in [3.63, 3.8) is 0 Å². The maximum absolute atomic E-state index is 12.2. The van der Waals surface area contributed by atoms with E-state index in [0.29, 0.717) is 24.7 Å². The minimum Gasteiger partial charge on any atom is -0.328 e. The lowest BCUT2D eigenvalue weighted by atomic mass is 10.1. The van der Waals surface area contributed by atoms with Crippen molar-refractivity contribution in [3.8, 4) is 0 Å². The largest absolute Gasteiger partial charge is 0.354 e. The van der Waals surface area contributed by atoms with Gasteiger partial charge in [0.25, 0.3) is 0 Å². The van der Waals surface area contributed by atoms with Gasteiger partial charge in [0.15, 0.2) is 0 Å². The molecule has 0 aliphatic carbocycles. The van der Waals surface area contributed by atoms with Gasteiger partial charge in [-0.25, -0.2) is 14.6 Å². The van der Waals surface area contributed by atoms with Crippen LogP contribution < -0.4 is 0 Å². The molecule has 0 unspecified atom stereocenters. The third-order valence-corrected chi connectivity index (χ3v) is 8.36. The molecule has 2 aromatic rings. The molecule has 138 valence electrons. The third kappa shape index (κ3) is 2.36. The van der Waals surface area contributed by atoms with Gasteiger partial charge in [0.05, 0.1) is 17.1 Å². The summed E-state index contributed by atoms with van der Waals surface area (Å²) in [5.74, 6) is -1.16. The van der Waals surface area contributed by atoms with Gasteiger partial charge in [-0.15, -0.1) is 11.3 Å². The maximum Gasteiger partial charge on any atom is 0.354 e. The molecule has 8 heteroatoms. The predicted molar refractivity (Wildman–Crippen MR) is 107 cm³/mol. The van der Waals surface area contributed by atoms with Crippen LogP contribution in [0.1, 0.15) is 18.9 Å². The van der Waals surface area contributed by atoms with E-state index in [9.17, 15) is 9.59 Å². The van der Waals surface area contributed by atoms with E-state index in [0.717, 1.165) is 33.7 Å². The third-order valence-electron chi connectivity index (χ3n) is 4.70. The molecule has 27 heavy (non-hydrogen) atoms. The van der Waals surface area contributed by atoms with Crippen molar-refractivity contribution in [2.75, 3.05) is 13.1 Å². The number of thiophene rings is 1. The molecule has 0 saturated heterocycles. The number of aliphatic imine (C=N–C) groups is 1. The van der Waals surface area contributed by atoms with Crippen LogP contribution in [0.4, 0.5) is 0 Å². The molecule has 0 atom stereocenters. The highest BCUT2D eigenvalue weighted by Gasteiger charge is 2.51. The number of hydrogen-bond acceptors (Lipinski definition) is 7. The quantitative estimate of drug-likeness (QED) is 0.763. The van der Waals surface area contributed by atoms with Crippen molar-refractivity contribution in [3.05, 3.63) is 52.3 Å². The van der Waals surface area contributed by atoms with Gasteiger partial charge in [-0.2, -0.15) is 0 Å². The van der Waals surface area contributed by atoms with E-state index in [1.165, 1.54) is 4.70 Å². The molecule has 1 aromatic heterocycles. The number of nitrogens with zero attached hydrogens (tertiary/aromatic N) is 2. The minimum absolute atomic E-state index is 0.560. The van der Waals surface area contributed by atoms with Crippen LogP contribution in [0.25, 0.3) is 15.8 Å². The van der Waals surface area contributed by atoms with Crippen LogP contribution in [-0.4, -0.2) is 35.1 Å².